The van der Waals surface area contributed by atoms with Crippen molar-refractivity contribution < 1.29 is 9.53 Å². The number of hydrogen-bond donors (Lipinski definition) is 0. The maximum absolute atomic E-state index is 11.0. The van der Waals surface area contributed by atoms with Crippen LogP contribution in [0.5, 0.6) is 0 Å². The summed E-state index contributed by atoms with van der Waals surface area (Å²) in [6.07, 6.45) is 7.39. The van der Waals surface area contributed by atoms with Gasteiger partial charge in [-0.15, -0.1) is 0 Å². The van der Waals surface area contributed by atoms with Gasteiger partial charge in [-0.1, -0.05) is 33.4 Å². The third kappa shape index (κ3) is 7.27. The van der Waals surface area contributed by atoms with Crippen LogP contribution in [0, 0.1) is 5.92 Å². The van der Waals surface area contributed by atoms with Crippen LogP contribution in [0.1, 0.15) is 53.4 Å². The van der Waals surface area contributed by atoms with Crippen molar-refractivity contribution >= 4 is 11.7 Å². The Morgan fingerprint density at radius 2 is 1.95 bits per heavy atom. The summed E-state index contributed by atoms with van der Waals surface area (Å²) in [7, 11) is 1.72. The molecule has 0 unspecified atom stereocenters. The largest absolute Gasteiger partial charge is 0.475 e. The van der Waals surface area contributed by atoms with Crippen LogP contribution in [-0.2, 0) is 9.53 Å². The zero-order valence-electron chi connectivity index (χ0n) is 13.6. The predicted molar refractivity (Wildman–Crippen MR) is 86.2 cm³/mol. The van der Waals surface area contributed by atoms with E-state index in [4.69, 9.17) is 4.74 Å². The average molecular weight is 279 g/mol. The van der Waals surface area contributed by atoms with Crippen molar-refractivity contribution in [1.29, 1.82) is 0 Å². The van der Waals surface area contributed by atoms with Gasteiger partial charge in [0.2, 0.25) is 5.90 Å². The first-order valence-corrected chi connectivity index (χ1v) is 7.51. The second-order valence-corrected chi connectivity index (χ2v) is 5.00. The molecule has 0 aliphatic heterocycles. The Balaban J connectivity index is 0.00000172. The minimum Gasteiger partial charge on any atom is -0.475 e. The molecule has 1 saturated carbocycles. The molecule has 20 heavy (non-hydrogen) atoms. The Morgan fingerprint density at radius 3 is 2.35 bits per heavy atom. The summed E-state index contributed by atoms with van der Waals surface area (Å²) in [5.41, 5.74) is 0.998. The fraction of sp³-hybridized carbons (Fsp3) is 0.647. The highest BCUT2D eigenvalue weighted by Gasteiger charge is 2.27. The first kappa shape index (κ1) is 18.6. The molecule has 0 radical (unpaired) electrons. The van der Waals surface area contributed by atoms with Gasteiger partial charge in [-0.2, -0.15) is 0 Å². The van der Waals surface area contributed by atoms with Crippen molar-refractivity contribution in [2.75, 3.05) is 7.05 Å². The second-order valence-electron chi connectivity index (χ2n) is 5.00. The van der Waals surface area contributed by atoms with Gasteiger partial charge in [0.05, 0.1) is 0 Å². The number of aliphatic imine (C=N–C) groups is 1. The van der Waals surface area contributed by atoms with Gasteiger partial charge in [-0.3, -0.25) is 4.99 Å². The number of ether oxygens (including phenoxy) is 1. The van der Waals surface area contributed by atoms with Gasteiger partial charge in [-0.25, -0.2) is 0 Å². The van der Waals surface area contributed by atoms with Crippen molar-refractivity contribution in [2.24, 2.45) is 10.9 Å². The zero-order valence-corrected chi connectivity index (χ0v) is 13.6. The van der Waals surface area contributed by atoms with Crippen LogP contribution >= 0.6 is 0 Å². The van der Waals surface area contributed by atoms with Crippen LogP contribution in [0.3, 0.4) is 0 Å². The molecular formula is C17H29NO2. The number of nitrogens with zero attached hydrogens (tertiary/aromatic N) is 1. The van der Waals surface area contributed by atoms with E-state index in [1.165, 1.54) is 0 Å². The van der Waals surface area contributed by atoms with Gasteiger partial charge in [-0.05, 0) is 37.7 Å². The molecule has 3 nitrogen and oxygen atoms in total. The van der Waals surface area contributed by atoms with Gasteiger partial charge in [0, 0.05) is 19.5 Å². The fourth-order valence-corrected chi connectivity index (χ4v) is 1.96. The summed E-state index contributed by atoms with van der Waals surface area (Å²) in [6, 6.07) is 0. The molecule has 1 fully saturated rings. The van der Waals surface area contributed by atoms with E-state index in [9.17, 15) is 4.79 Å². The molecule has 0 amide bonds. The molecule has 0 aromatic carbocycles. The fourth-order valence-electron chi connectivity index (χ4n) is 1.96. The highest BCUT2D eigenvalue weighted by molar-refractivity contribution is 5.89. The van der Waals surface area contributed by atoms with E-state index in [0.29, 0.717) is 24.8 Å². The molecule has 0 heterocycles. The third-order valence-corrected chi connectivity index (χ3v) is 3.18. The maximum Gasteiger partial charge on any atom is 0.208 e. The van der Waals surface area contributed by atoms with Crippen molar-refractivity contribution in [3.05, 3.63) is 24.3 Å². The van der Waals surface area contributed by atoms with E-state index in [0.717, 1.165) is 24.3 Å². The molecule has 0 aromatic rings. The lowest BCUT2D eigenvalue weighted by Gasteiger charge is -2.32. The summed E-state index contributed by atoms with van der Waals surface area (Å²) in [5, 5.41) is 0. The molecule has 0 N–H and O–H groups in total. The summed E-state index contributed by atoms with van der Waals surface area (Å²) in [6.45, 7) is 11.6. The molecule has 1 aliphatic carbocycles. The van der Waals surface area contributed by atoms with Crippen LogP contribution in [0.4, 0.5) is 0 Å². The minimum atomic E-state index is 0.187. The van der Waals surface area contributed by atoms with E-state index in [2.05, 4.69) is 18.5 Å². The highest BCUT2D eigenvalue weighted by atomic mass is 16.5. The topological polar surface area (TPSA) is 38.7 Å². The maximum atomic E-state index is 11.0. The monoisotopic (exact) mass is 279 g/mol. The molecule has 114 valence electrons. The van der Waals surface area contributed by atoms with E-state index < -0.39 is 0 Å². The Bertz CT molecular complexity index is 363. The van der Waals surface area contributed by atoms with Gasteiger partial charge in [0.25, 0.3) is 0 Å². The van der Waals surface area contributed by atoms with Gasteiger partial charge in [0.15, 0.2) is 0 Å². The van der Waals surface area contributed by atoms with Gasteiger partial charge >= 0.3 is 0 Å². The van der Waals surface area contributed by atoms with Crippen LogP contribution in [-0.4, -0.2) is 24.8 Å². The minimum absolute atomic E-state index is 0.187. The van der Waals surface area contributed by atoms with Crippen LogP contribution in [0.2, 0.25) is 0 Å². The van der Waals surface area contributed by atoms with Crippen LogP contribution in [0.25, 0.3) is 0 Å². The van der Waals surface area contributed by atoms with Crippen molar-refractivity contribution in [1.82, 2.24) is 0 Å². The number of rotatable bonds is 6. The van der Waals surface area contributed by atoms with E-state index in [1.54, 1.807) is 20.0 Å². The third-order valence-electron chi connectivity index (χ3n) is 3.18. The van der Waals surface area contributed by atoms with Crippen LogP contribution < -0.4 is 0 Å². The number of carbonyl (C=O) groups excluding carboxylic acids is 1. The van der Waals surface area contributed by atoms with E-state index in [1.807, 2.05) is 19.9 Å². The molecule has 0 aromatic heterocycles. The highest BCUT2D eigenvalue weighted by Crippen LogP contribution is 2.29. The molecular weight excluding hydrogens is 250 g/mol. The van der Waals surface area contributed by atoms with Gasteiger partial charge in [0.1, 0.15) is 11.9 Å². The number of hydrogen-bond acceptors (Lipinski definition) is 3. The molecule has 1 rings (SSSR count). The number of allylic oxidation sites excluding steroid dienone is 2. The molecule has 0 spiro atoms. The standard InChI is InChI=1S/C15H23NO2.C2H6/c1-5-13(7-6-12(3)17)10-15(16-4)18-14-8-11(2)9-14;1-2/h5,10-11,14H,1,6-9H2,2-4H3;1-2H3/b13-10+,16-15?;. The van der Waals surface area contributed by atoms with E-state index in [-0.39, 0.29) is 5.78 Å². The van der Waals surface area contributed by atoms with Gasteiger partial charge < -0.3 is 9.53 Å². The van der Waals surface area contributed by atoms with E-state index >= 15 is 0 Å². The number of ketones is 1. The number of Topliss-reactive ketones (excluding diaryl/α,β-unsaturated/α-hetero) is 1. The summed E-state index contributed by atoms with van der Waals surface area (Å²) in [5.74, 6) is 1.59. The first-order chi connectivity index (χ1) is 9.55. The average Bonchev–Trinajstić information content (AvgIpc) is 2.42. The summed E-state index contributed by atoms with van der Waals surface area (Å²) < 4.78 is 5.79. The molecule has 3 heteroatoms. The van der Waals surface area contributed by atoms with Crippen molar-refractivity contribution in [3.8, 4) is 0 Å². The van der Waals surface area contributed by atoms with Crippen LogP contribution in [0.15, 0.2) is 29.3 Å². The predicted octanol–water partition coefficient (Wildman–Crippen LogP) is 4.34. The lowest BCUT2D eigenvalue weighted by molar-refractivity contribution is -0.116. The normalized spacial score (nSPS) is 22.2. The molecule has 0 saturated heterocycles. The Kier molecular flexibility index (Phi) is 9.69. The zero-order chi connectivity index (χ0) is 15.5. The Hall–Kier alpha value is -1.38. The SMILES string of the molecule is C=C/C(=C\C(=NC)OC1CC(C)C1)CCC(C)=O.CC. The summed E-state index contributed by atoms with van der Waals surface area (Å²) >= 11 is 0. The van der Waals surface area contributed by atoms with Crippen molar-refractivity contribution in [2.45, 2.75) is 59.5 Å². The van der Waals surface area contributed by atoms with Crippen molar-refractivity contribution in [3.63, 3.8) is 0 Å². The lowest BCUT2D eigenvalue weighted by Crippen LogP contribution is -2.31. The molecule has 0 bridgehead atoms. The lowest BCUT2D eigenvalue weighted by atomic mass is 9.84. The Labute approximate surface area is 123 Å². The summed E-state index contributed by atoms with van der Waals surface area (Å²) in [4.78, 5) is 15.1. The second kappa shape index (κ2) is 10.4. The molecule has 0 atom stereocenters. The first-order valence-electron chi connectivity index (χ1n) is 7.51. The number of carbonyl (C=O) groups is 1. The molecule has 1 aliphatic rings. The quantitative estimate of drug-likeness (QED) is 0.412. The Morgan fingerprint density at radius 1 is 1.35 bits per heavy atom. The smallest absolute Gasteiger partial charge is 0.208 e.